The molecular weight excluding hydrogens is 888 g/mol. The van der Waals surface area contributed by atoms with Crippen LogP contribution in [0.15, 0.2) is 107 Å². The molecule has 10 nitrogen and oxygen atoms in total. The number of aliphatic carboxylic acids is 2. The van der Waals surface area contributed by atoms with Gasteiger partial charge >= 0.3 is 11.9 Å². The molecule has 8 aromatic rings. The number of thiazole rings is 2. The molecule has 0 aliphatic rings. The van der Waals surface area contributed by atoms with Crippen molar-refractivity contribution < 1.29 is 29.3 Å². The zero-order chi connectivity index (χ0) is 46.1. The molecule has 64 heavy (non-hydrogen) atoms. The van der Waals surface area contributed by atoms with Crippen LogP contribution in [0.2, 0.25) is 10.0 Å². The van der Waals surface area contributed by atoms with Gasteiger partial charge in [0.1, 0.15) is 0 Å². The van der Waals surface area contributed by atoms with Crippen molar-refractivity contribution in [3.8, 4) is 45.0 Å². The van der Waals surface area contributed by atoms with Gasteiger partial charge in [0, 0.05) is 42.7 Å². The Morgan fingerprint density at radius 2 is 0.922 bits per heavy atom. The van der Waals surface area contributed by atoms with Gasteiger partial charge in [-0.1, -0.05) is 47.5 Å². The number of halogens is 2. The molecule has 14 heteroatoms. The number of nitrogens with zero attached hydrogens (tertiary/aromatic N) is 4. The molecule has 0 spiro atoms. The Balaban J connectivity index is 0.000000191. The lowest BCUT2D eigenvalue weighted by Gasteiger charge is -2.28. The summed E-state index contributed by atoms with van der Waals surface area (Å²) < 4.78 is 12.1. The quantitative estimate of drug-likeness (QED) is 0.136. The van der Waals surface area contributed by atoms with Crippen molar-refractivity contribution in [3.63, 3.8) is 0 Å². The van der Waals surface area contributed by atoms with E-state index in [1.54, 1.807) is 35.3 Å². The number of hydrogen-bond acceptors (Lipinski definition) is 10. The third kappa shape index (κ3) is 10.5. The Morgan fingerprint density at radius 3 is 1.22 bits per heavy atom. The standard InChI is InChI=1S/2C25H23ClN2O3S/c2*1-14-11-19-17(9-10-18(28-19)20-12-32-13-27-20)22(15-5-7-16(26)8-6-15)21(14)23(24(29)30)31-25(2,3)4/h2*5-13,23H,1-4H3,(H,29,30)/t2*23-/m00/s1. The number of ether oxygens (including phenoxy) is 2. The van der Waals surface area contributed by atoms with Gasteiger partial charge in [-0.25, -0.2) is 29.5 Å². The fourth-order valence-electron chi connectivity index (χ4n) is 7.51. The molecule has 328 valence electrons. The maximum absolute atomic E-state index is 12.3. The highest BCUT2D eigenvalue weighted by molar-refractivity contribution is 7.08. The zero-order valence-corrected chi connectivity index (χ0v) is 39.6. The van der Waals surface area contributed by atoms with Gasteiger partial charge in [-0.05, 0) is 149 Å². The molecule has 4 aromatic heterocycles. The van der Waals surface area contributed by atoms with E-state index < -0.39 is 35.3 Å². The summed E-state index contributed by atoms with van der Waals surface area (Å²) in [5.41, 5.74) is 13.0. The Bertz CT molecular complexity index is 2760. The van der Waals surface area contributed by atoms with Crippen LogP contribution in [0.5, 0.6) is 0 Å². The Labute approximate surface area is 389 Å². The van der Waals surface area contributed by atoms with Crippen LogP contribution in [-0.4, -0.2) is 53.3 Å². The molecule has 0 amide bonds. The van der Waals surface area contributed by atoms with Crippen LogP contribution in [-0.2, 0) is 19.1 Å². The summed E-state index contributed by atoms with van der Waals surface area (Å²) in [6.07, 6.45) is -2.27. The van der Waals surface area contributed by atoms with E-state index >= 15 is 0 Å². The number of carboxylic acids is 2. The van der Waals surface area contributed by atoms with Crippen LogP contribution in [0.25, 0.3) is 66.8 Å². The molecule has 2 atom stereocenters. The second-order valence-electron chi connectivity index (χ2n) is 17.1. The minimum absolute atomic E-state index is 0.608. The first kappa shape index (κ1) is 46.4. The highest BCUT2D eigenvalue weighted by atomic mass is 35.5. The van der Waals surface area contributed by atoms with E-state index in [0.29, 0.717) is 21.2 Å². The van der Waals surface area contributed by atoms with Crippen molar-refractivity contribution in [3.05, 3.63) is 139 Å². The normalized spacial score (nSPS) is 12.8. The first-order valence-electron chi connectivity index (χ1n) is 20.3. The van der Waals surface area contributed by atoms with Crippen LogP contribution < -0.4 is 0 Å². The second kappa shape index (κ2) is 18.9. The highest BCUT2D eigenvalue weighted by Crippen LogP contribution is 2.43. The number of rotatable bonds is 10. The molecule has 0 fully saturated rings. The van der Waals surface area contributed by atoms with Crippen LogP contribution in [0.4, 0.5) is 0 Å². The zero-order valence-electron chi connectivity index (χ0n) is 36.4. The highest BCUT2D eigenvalue weighted by Gasteiger charge is 2.33. The van der Waals surface area contributed by atoms with Gasteiger partial charge in [0.25, 0.3) is 0 Å². The average molecular weight is 934 g/mol. The topological polar surface area (TPSA) is 145 Å². The average Bonchev–Trinajstić information content (AvgIpc) is 3.98. The van der Waals surface area contributed by atoms with E-state index in [9.17, 15) is 19.8 Å². The Kier molecular flexibility index (Phi) is 13.7. The van der Waals surface area contributed by atoms with Gasteiger partial charge in [0.15, 0.2) is 12.2 Å². The molecule has 0 saturated carbocycles. The Hall–Kier alpha value is -5.60. The van der Waals surface area contributed by atoms with Gasteiger partial charge < -0.3 is 19.7 Å². The third-order valence-electron chi connectivity index (χ3n) is 10.1. The van der Waals surface area contributed by atoms with Crippen molar-refractivity contribution in [2.24, 2.45) is 0 Å². The van der Waals surface area contributed by atoms with Crippen molar-refractivity contribution in [1.29, 1.82) is 0 Å². The monoisotopic (exact) mass is 932 g/mol. The summed E-state index contributed by atoms with van der Waals surface area (Å²) >= 11 is 15.3. The van der Waals surface area contributed by atoms with E-state index in [1.807, 2.05) is 127 Å². The van der Waals surface area contributed by atoms with E-state index in [0.717, 1.165) is 78.0 Å². The van der Waals surface area contributed by atoms with Gasteiger partial charge in [-0.2, -0.15) is 0 Å². The van der Waals surface area contributed by atoms with Crippen LogP contribution >= 0.6 is 45.9 Å². The molecule has 0 aliphatic heterocycles. The summed E-state index contributed by atoms with van der Waals surface area (Å²) in [7, 11) is 0. The summed E-state index contributed by atoms with van der Waals surface area (Å²) in [5.74, 6) is -2.07. The predicted molar refractivity (Wildman–Crippen MR) is 258 cm³/mol. The minimum atomic E-state index is -1.14. The molecule has 4 heterocycles. The molecule has 0 unspecified atom stereocenters. The molecule has 4 aromatic carbocycles. The van der Waals surface area contributed by atoms with E-state index in [1.165, 1.54) is 22.7 Å². The number of pyridine rings is 2. The number of benzene rings is 4. The molecule has 2 N–H and O–H groups in total. The largest absolute Gasteiger partial charge is 0.479 e. The van der Waals surface area contributed by atoms with Crippen LogP contribution in [0.1, 0.15) is 76.0 Å². The van der Waals surface area contributed by atoms with E-state index in [2.05, 4.69) is 9.97 Å². The number of carboxylic acid groups (broad SMARTS) is 2. The molecule has 0 bridgehead atoms. The molecule has 8 rings (SSSR count). The number of aromatic nitrogens is 4. The third-order valence-corrected chi connectivity index (χ3v) is 11.7. The van der Waals surface area contributed by atoms with Crippen molar-refractivity contribution in [2.45, 2.75) is 78.8 Å². The number of fused-ring (bicyclic) bond motifs is 2. The SMILES string of the molecule is Cc1cc2nc(-c3cscn3)ccc2c(-c2ccc(Cl)cc2)c1[C@H](OC(C)(C)C)C(=O)O.Cc1cc2nc(-c3cscn3)ccc2c(-c2ccc(Cl)cc2)c1[C@H](OC(C)(C)C)C(=O)O. The first-order valence-corrected chi connectivity index (χ1v) is 22.9. The molecule has 0 saturated heterocycles. The fourth-order valence-corrected chi connectivity index (χ4v) is 8.85. The lowest BCUT2D eigenvalue weighted by Crippen LogP contribution is -2.28. The second-order valence-corrected chi connectivity index (χ2v) is 19.5. The lowest BCUT2D eigenvalue weighted by atomic mass is 9.88. The molecular formula is C50H46Cl2N4O6S2. The van der Waals surface area contributed by atoms with Gasteiger partial charge in [0.2, 0.25) is 0 Å². The van der Waals surface area contributed by atoms with Gasteiger partial charge in [-0.15, -0.1) is 22.7 Å². The van der Waals surface area contributed by atoms with Crippen LogP contribution in [0, 0.1) is 13.8 Å². The van der Waals surface area contributed by atoms with Crippen molar-refractivity contribution >= 4 is 79.6 Å². The molecule has 0 aliphatic carbocycles. The van der Waals surface area contributed by atoms with Crippen molar-refractivity contribution in [2.75, 3.05) is 0 Å². The van der Waals surface area contributed by atoms with Gasteiger partial charge in [0.05, 0.1) is 56.0 Å². The van der Waals surface area contributed by atoms with Crippen molar-refractivity contribution in [1.82, 2.24) is 19.9 Å². The smallest absolute Gasteiger partial charge is 0.337 e. The fraction of sp³-hybridized carbons (Fsp3) is 0.240. The lowest BCUT2D eigenvalue weighted by molar-refractivity contribution is -0.161. The minimum Gasteiger partial charge on any atom is -0.479 e. The first-order chi connectivity index (χ1) is 30.3. The summed E-state index contributed by atoms with van der Waals surface area (Å²) in [4.78, 5) is 43.1. The van der Waals surface area contributed by atoms with Crippen LogP contribution in [0.3, 0.4) is 0 Å². The summed E-state index contributed by atoms with van der Waals surface area (Å²) in [6.45, 7) is 14.9. The van der Waals surface area contributed by atoms with Gasteiger partial charge in [-0.3, -0.25) is 0 Å². The number of aryl methyl sites for hydroxylation is 2. The summed E-state index contributed by atoms with van der Waals surface area (Å²) in [6, 6.07) is 26.4. The van der Waals surface area contributed by atoms with E-state index in [-0.39, 0.29) is 0 Å². The number of hydrogen-bond donors (Lipinski definition) is 2. The maximum atomic E-state index is 12.3. The molecule has 0 radical (unpaired) electrons. The maximum Gasteiger partial charge on any atom is 0.337 e. The Morgan fingerprint density at radius 1 is 0.562 bits per heavy atom. The summed E-state index contributed by atoms with van der Waals surface area (Å²) in [5, 5.41) is 27.0. The number of carbonyl (C=O) groups is 2. The van der Waals surface area contributed by atoms with E-state index in [4.69, 9.17) is 42.6 Å². The predicted octanol–water partition coefficient (Wildman–Crippen LogP) is 13.9.